The minimum absolute atomic E-state index is 0.144. The lowest BCUT2D eigenvalue weighted by Gasteiger charge is -2.04. The fourth-order valence-electron chi connectivity index (χ4n) is 1.13. The van der Waals surface area contributed by atoms with Crippen molar-refractivity contribution in [3.63, 3.8) is 0 Å². The summed E-state index contributed by atoms with van der Waals surface area (Å²) in [7, 11) is 0. The molecule has 0 aromatic heterocycles. The van der Waals surface area contributed by atoms with E-state index < -0.39 is 0 Å². The Morgan fingerprint density at radius 2 is 2.21 bits per heavy atom. The molecule has 0 heterocycles. The molecule has 0 aliphatic carbocycles. The molecule has 0 saturated heterocycles. The first-order valence-electron chi connectivity index (χ1n) is 4.69. The normalized spacial score (nSPS) is 9.93. The molecule has 0 atom stereocenters. The van der Waals surface area contributed by atoms with Gasteiger partial charge in [0.05, 0.1) is 0 Å². The van der Waals surface area contributed by atoms with Gasteiger partial charge in [-0.1, -0.05) is 6.92 Å². The van der Waals surface area contributed by atoms with Crippen LogP contribution in [0.1, 0.15) is 29.3 Å². The number of benzene rings is 1. The van der Waals surface area contributed by atoms with Crippen LogP contribution < -0.4 is 5.32 Å². The molecular formula is C11H14FNO. The average Bonchev–Trinajstić information content (AvgIpc) is 2.18. The number of hydrogen-bond donors (Lipinski definition) is 1. The Balaban J connectivity index is 2.76. The molecule has 14 heavy (non-hydrogen) atoms. The summed E-state index contributed by atoms with van der Waals surface area (Å²) >= 11 is 0. The molecule has 0 radical (unpaired) electrons. The van der Waals surface area contributed by atoms with Crippen LogP contribution in [0, 0.1) is 12.7 Å². The highest BCUT2D eigenvalue weighted by Crippen LogP contribution is 2.08. The van der Waals surface area contributed by atoms with E-state index >= 15 is 0 Å². The molecule has 1 N–H and O–H groups in total. The first-order chi connectivity index (χ1) is 6.65. The maximum atomic E-state index is 12.9. The van der Waals surface area contributed by atoms with Gasteiger partial charge in [-0.25, -0.2) is 4.39 Å². The molecule has 0 unspecified atom stereocenters. The van der Waals surface area contributed by atoms with E-state index in [1.54, 1.807) is 13.0 Å². The molecule has 76 valence electrons. The summed E-state index contributed by atoms with van der Waals surface area (Å²) in [6, 6.07) is 4.36. The fraction of sp³-hybridized carbons (Fsp3) is 0.364. The maximum Gasteiger partial charge on any atom is 0.251 e. The molecule has 0 bridgehead atoms. The zero-order valence-electron chi connectivity index (χ0n) is 8.43. The summed E-state index contributed by atoms with van der Waals surface area (Å²) in [5.41, 5.74) is 1.01. The second kappa shape index (κ2) is 4.74. The number of amides is 1. The van der Waals surface area contributed by atoms with Gasteiger partial charge in [0.25, 0.3) is 5.91 Å². The Morgan fingerprint density at radius 3 is 2.79 bits per heavy atom. The summed E-state index contributed by atoms with van der Waals surface area (Å²) in [6.45, 7) is 4.28. The van der Waals surface area contributed by atoms with Crippen LogP contribution in [-0.2, 0) is 0 Å². The minimum Gasteiger partial charge on any atom is -0.352 e. The van der Waals surface area contributed by atoms with E-state index in [9.17, 15) is 9.18 Å². The maximum absolute atomic E-state index is 12.9. The van der Waals surface area contributed by atoms with Crippen molar-refractivity contribution in [1.82, 2.24) is 5.32 Å². The second-order valence-corrected chi connectivity index (χ2v) is 3.22. The molecule has 0 fully saturated rings. The van der Waals surface area contributed by atoms with Crippen molar-refractivity contribution < 1.29 is 9.18 Å². The van der Waals surface area contributed by atoms with Crippen molar-refractivity contribution in [3.05, 3.63) is 35.1 Å². The van der Waals surface area contributed by atoms with Gasteiger partial charge in [-0.2, -0.15) is 0 Å². The highest BCUT2D eigenvalue weighted by atomic mass is 19.1. The number of rotatable bonds is 3. The molecular weight excluding hydrogens is 181 g/mol. The zero-order chi connectivity index (χ0) is 10.6. The van der Waals surface area contributed by atoms with Gasteiger partial charge in [0, 0.05) is 12.1 Å². The first kappa shape index (κ1) is 10.7. The highest BCUT2D eigenvalue weighted by molar-refractivity contribution is 5.94. The van der Waals surface area contributed by atoms with E-state index in [0.717, 1.165) is 6.42 Å². The summed E-state index contributed by atoms with van der Waals surface area (Å²) in [6.07, 6.45) is 0.895. The molecule has 3 heteroatoms. The van der Waals surface area contributed by atoms with Crippen molar-refractivity contribution in [2.75, 3.05) is 6.54 Å². The van der Waals surface area contributed by atoms with Crippen molar-refractivity contribution in [2.45, 2.75) is 20.3 Å². The smallest absolute Gasteiger partial charge is 0.251 e. The minimum atomic E-state index is -0.281. The lowest BCUT2D eigenvalue weighted by Crippen LogP contribution is -2.24. The van der Waals surface area contributed by atoms with Crippen LogP contribution in [0.15, 0.2) is 18.2 Å². The Labute approximate surface area is 83.1 Å². The van der Waals surface area contributed by atoms with Crippen LogP contribution in [0.3, 0.4) is 0 Å². The van der Waals surface area contributed by atoms with E-state index in [1.165, 1.54) is 12.1 Å². The van der Waals surface area contributed by atoms with Gasteiger partial charge in [-0.05, 0) is 37.1 Å². The molecule has 0 aliphatic heterocycles. The third kappa shape index (κ3) is 2.55. The predicted octanol–water partition coefficient (Wildman–Crippen LogP) is 2.27. The Bertz CT molecular complexity index is 336. The van der Waals surface area contributed by atoms with Gasteiger partial charge >= 0.3 is 0 Å². The Kier molecular flexibility index (Phi) is 3.63. The van der Waals surface area contributed by atoms with Gasteiger partial charge in [-0.15, -0.1) is 0 Å². The molecule has 1 amide bonds. The standard InChI is InChI=1S/C11H14FNO/c1-3-6-13-11(14)9-4-5-10(12)8(2)7-9/h4-5,7H,3,6H2,1-2H3,(H,13,14). The third-order valence-electron chi connectivity index (χ3n) is 1.96. The molecule has 0 aliphatic rings. The van der Waals surface area contributed by atoms with E-state index in [0.29, 0.717) is 17.7 Å². The van der Waals surface area contributed by atoms with Gasteiger partial charge in [0.15, 0.2) is 0 Å². The van der Waals surface area contributed by atoms with E-state index in [4.69, 9.17) is 0 Å². The lowest BCUT2D eigenvalue weighted by molar-refractivity contribution is 0.0953. The number of aryl methyl sites for hydroxylation is 1. The van der Waals surface area contributed by atoms with Crippen LogP contribution in [0.5, 0.6) is 0 Å². The third-order valence-corrected chi connectivity index (χ3v) is 1.96. The average molecular weight is 195 g/mol. The predicted molar refractivity (Wildman–Crippen MR) is 53.8 cm³/mol. The zero-order valence-corrected chi connectivity index (χ0v) is 8.43. The number of carbonyl (C=O) groups is 1. The van der Waals surface area contributed by atoms with Crippen LogP contribution >= 0.6 is 0 Å². The van der Waals surface area contributed by atoms with E-state index in [1.807, 2.05) is 6.92 Å². The van der Waals surface area contributed by atoms with Gasteiger partial charge in [0.1, 0.15) is 5.82 Å². The van der Waals surface area contributed by atoms with Crippen molar-refractivity contribution in [3.8, 4) is 0 Å². The molecule has 2 nitrogen and oxygen atoms in total. The van der Waals surface area contributed by atoms with Crippen molar-refractivity contribution in [1.29, 1.82) is 0 Å². The van der Waals surface area contributed by atoms with Crippen LogP contribution in [-0.4, -0.2) is 12.5 Å². The quantitative estimate of drug-likeness (QED) is 0.787. The number of hydrogen-bond acceptors (Lipinski definition) is 1. The molecule has 1 rings (SSSR count). The molecule has 0 saturated carbocycles. The Morgan fingerprint density at radius 1 is 1.50 bits per heavy atom. The molecule has 1 aromatic rings. The van der Waals surface area contributed by atoms with Crippen LogP contribution in [0.4, 0.5) is 4.39 Å². The summed E-state index contributed by atoms with van der Waals surface area (Å²) in [4.78, 5) is 11.4. The van der Waals surface area contributed by atoms with Crippen LogP contribution in [0.25, 0.3) is 0 Å². The summed E-state index contributed by atoms with van der Waals surface area (Å²) in [5.74, 6) is -0.424. The topological polar surface area (TPSA) is 29.1 Å². The van der Waals surface area contributed by atoms with Crippen molar-refractivity contribution >= 4 is 5.91 Å². The SMILES string of the molecule is CCCNC(=O)c1ccc(F)c(C)c1. The number of halogens is 1. The number of carbonyl (C=O) groups excluding carboxylic acids is 1. The first-order valence-corrected chi connectivity index (χ1v) is 4.69. The fourth-order valence-corrected chi connectivity index (χ4v) is 1.13. The van der Waals surface area contributed by atoms with Crippen molar-refractivity contribution in [2.24, 2.45) is 0 Å². The van der Waals surface area contributed by atoms with Gasteiger partial charge < -0.3 is 5.32 Å². The highest BCUT2D eigenvalue weighted by Gasteiger charge is 2.06. The molecule has 0 spiro atoms. The van der Waals surface area contributed by atoms with E-state index in [-0.39, 0.29) is 11.7 Å². The largest absolute Gasteiger partial charge is 0.352 e. The van der Waals surface area contributed by atoms with Crippen LogP contribution in [0.2, 0.25) is 0 Å². The second-order valence-electron chi connectivity index (χ2n) is 3.22. The van der Waals surface area contributed by atoms with Gasteiger partial charge in [0.2, 0.25) is 0 Å². The summed E-state index contributed by atoms with van der Waals surface area (Å²) < 4.78 is 12.9. The monoisotopic (exact) mass is 195 g/mol. The van der Waals surface area contributed by atoms with E-state index in [2.05, 4.69) is 5.32 Å². The number of nitrogens with one attached hydrogen (secondary N) is 1. The van der Waals surface area contributed by atoms with Gasteiger partial charge in [-0.3, -0.25) is 4.79 Å². The molecule has 1 aromatic carbocycles. The lowest BCUT2D eigenvalue weighted by atomic mass is 10.1. The Hall–Kier alpha value is -1.38. The summed E-state index contributed by atoms with van der Waals surface area (Å²) in [5, 5.41) is 2.73.